The first-order valence-corrected chi connectivity index (χ1v) is 12.0. The molecule has 1 aliphatic heterocycles. The Kier molecular flexibility index (Phi) is 6.39. The van der Waals surface area contributed by atoms with Crippen molar-refractivity contribution in [2.24, 2.45) is 0 Å². The van der Waals surface area contributed by atoms with Crippen LogP contribution in [-0.2, 0) is 13.1 Å². The smallest absolute Gasteiger partial charge is 0.171 e. The van der Waals surface area contributed by atoms with Gasteiger partial charge in [-0.05, 0) is 58.6 Å². The van der Waals surface area contributed by atoms with Crippen molar-refractivity contribution in [1.82, 2.24) is 24.5 Å². The predicted octanol–water partition coefficient (Wildman–Crippen LogP) is 5.53. The summed E-state index contributed by atoms with van der Waals surface area (Å²) in [6, 6.07) is 14.3. The molecule has 5 rings (SSSR count). The molecular weight excluding hydrogens is 488 g/mol. The quantitative estimate of drug-likeness (QED) is 0.369. The number of hydrogen-bond acceptors (Lipinski definition) is 5. The van der Waals surface area contributed by atoms with Crippen LogP contribution in [0.25, 0.3) is 5.65 Å². The molecule has 0 radical (unpaired) electrons. The minimum Gasteiger partial charge on any atom is -0.366 e. The van der Waals surface area contributed by atoms with Gasteiger partial charge in [-0.2, -0.15) is 9.61 Å². The van der Waals surface area contributed by atoms with Crippen LogP contribution in [-0.4, -0.2) is 37.6 Å². The van der Waals surface area contributed by atoms with Crippen molar-refractivity contribution in [2.75, 3.05) is 18.4 Å². The molecule has 1 aliphatic rings. The number of nitrogens with one attached hydrogen (secondary N) is 1. The van der Waals surface area contributed by atoms with E-state index in [4.69, 9.17) is 16.6 Å². The van der Waals surface area contributed by atoms with Crippen LogP contribution in [0.15, 0.2) is 65.5 Å². The zero-order chi connectivity index (χ0) is 21.9. The molecule has 0 amide bonds. The van der Waals surface area contributed by atoms with Crippen LogP contribution < -0.4 is 5.32 Å². The highest BCUT2D eigenvalue weighted by Gasteiger charge is 2.24. The summed E-state index contributed by atoms with van der Waals surface area (Å²) in [7, 11) is 0. The Bertz CT molecular complexity index is 1210. The predicted molar refractivity (Wildman–Crippen MR) is 131 cm³/mol. The SMILES string of the molecule is Clc1ccccc1CN1CCCC(c2cc(NCc3cccnc3)n3ncc(Br)c3n2)C1. The third kappa shape index (κ3) is 4.65. The standard InChI is InChI=1S/C24H24BrClN6/c25-20-14-29-32-23(28-13-17-5-3-9-27-12-17)11-22(30-24(20)32)19-7-4-10-31(16-19)15-18-6-1-2-8-21(18)26/h1-3,5-6,8-9,11-12,14,19,28H,4,7,10,13,15-16H2. The maximum atomic E-state index is 6.41. The number of rotatable bonds is 6. The first kappa shape index (κ1) is 21.4. The summed E-state index contributed by atoms with van der Waals surface area (Å²) in [4.78, 5) is 11.7. The van der Waals surface area contributed by atoms with Crippen LogP contribution in [0.5, 0.6) is 0 Å². The van der Waals surface area contributed by atoms with Gasteiger partial charge in [0.1, 0.15) is 5.82 Å². The van der Waals surface area contributed by atoms with Crippen molar-refractivity contribution in [3.63, 3.8) is 0 Å². The molecule has 0 bridgehead atoms. The molecule has 3 aromatic heterocycles. The molecule has 0 saturated carbocycles. The lowest BCUT2D eigenvalue weighted by molar-refractivity contribution is 0.198. The number of piperidine rings is 1. The third-order valence-electron chi connectivity index (χ3n) is 5.92. The molecule has 164 valence electrons. The number of benzene rings is 1. The summed E-state index contributed by atoms with van der Waals surface area (Å²) in [6.07, 6.45) is 7.72. The van der Waals surface area contributed by atoms with Crippen molar-refractivity contribution in [3.8, 4) is 0 Å². The molecule has 4 aromatic rings. The lowest BCUT2D eigenvalue weighted by Gasteiger charge is -2.33. The van der Waals surface area contributed by atoms with Gasteiger partial charge >= 0.3 is 0 Å². The number of anilines is 1. The zero-order valence-corrected chi connectivity index (χ0v) is 19.9. The first-order chi connectivity index (χ1) is 15.7. The van der Waals surface area contributed by atoms with Gasteiger partial charge in [0.15, 0.2) is 5.65 Å². The van der Waals surface area contributed by atoms with Crippen LogP contribution in [0.1, 0.15) is 35.6 Å². The largest absolute Gasteiger partial charge is 0.366 e. The number of nitrogens with zero attached hydrogens (tertiary/aromatic N) is 5. The highest BCUT2D eigenvalue weighted by Crippen LogP contribution is 2.31. The van der Waals surface area contributed by atoms with Crippen molar-refractivity contribution in [1.29, 1.82) is 0 Å². The average molecular weight is 512 g/mol. The number of fused-ring (bicyclic) bond motifs is 1. The van der Waals surface area contributed by atoms with Crippen LogP contribution in [0.2, 0.25) is 5.02 Å². The second kappa shape index (κ2) is 9.57. The topological polar surface area (TPSA) is 58.4 Å². The fraction of sp³-hybridized carbons (Fsp3) is 0.292. The monoisotopic (exact) mass is 510 g/mol. The van der Waals surface area contributed by atoms with Crippen LogP contribution in [0, 0.1) is 0 Å². The molecule has 6 nitrogen and oxygen atoms in total. The first-order valence-electron chi connectivity index (χ1n) is 10.8. The second-order valence-electron chi connectivity index (χ2n) is 8.17. The Labute approximate surface area is 200 Å². The lowest BCUT2D eigenvalue weighted by Crippen LogP contribution is -2.34. The molecule has 1 saturated heterocycles. The van der Waals surface area contributed by atoms with E-state index in [0.717, 1.165) is 64.7 Å². The average Bonchev–Trinajstić information content (AvgIpc) is 3.21. The van der Waals surface area contributed by atoms with E-state index in [1.165, 1.54) is 5.56 Å². The highest BCUT2D eigenvalue weighted by atomic mass is 79.9. The lowest BCUT2D eigenvalue weighted by atomic mass is 9.94. The molecule has 8 heteroatoms. The fourth-order valence-corrected chi connectivity index (χ4v) is 4.84. The number of halogens is 2. The van der Waals surface area contributed by atoms with E-state index in [1.807, 2.05) is 28.9 Å². The van der Waals surface area contributed by atoms with E-state index in [2.05, 4.69) is 60.5 Å². The highest BCUT2D eigenvalue weighted by molar-refractivity contribution is 9.10. The molecule has 1 unspecified atom stereocenters. The van der Waals surface area contributed by atoms with Gasteiger partial charge in [-0.3, -0.25) is 9.88 Å². The second-order valence-corrected chi connectivity index (χ2v) is 9.44. The summed E-state index contributed by atoms with van der Waals surface area (Å²) in [5, 5.41) is 8.86. The van der Waals surface area contributed by atoms with Crippen molar-refractivity contribution < 1.29 is 0 Å². The van der Waals surface area contributed by atoms with Crippen molar-refractivity contribution in [3.05, 3.63) is 87.4 Å². The summed E-state index contributed by atoms with van der Waals surface area (Å²) in [6.45, 7) is 3.57. The number of pyridine rings is 1. The number of hydrogen-bond donors (Lipinski definition) is 1. The van der Waals surface area contributed by atoms with Gasteiger partial charge in [-0.25, -0.2) is 4.98 Å². The third-order valence-corrected chi connectivity index (χ3v) is 6.85. The van der Waals surface area contributed by atoms with E-state index in [0.29, 0.717) is 12.5 Å². The molecule has 1 aromatic carbocycles. The Morgan fingerprint density at radius 1 is 1.16 bits per heavy atom. The van der Waals surface area contributed by atoms with Gasteiger partial charge < -0.3 is 5.32 Å². The maximum Gasteiger partial charge on any atom is 0.171 e. The van der Waals surface area contributed by atoms with Gasteiger partial charge in [0.05, 0.1) is 16.4 Å². The molecular formula is C24H24BrClN6. The molecule has 0 aliphatic carbocycles. The Morgan fingerprint density at radius 2 is 2.06 bits per heavy atom. The van der Waals surface area contributed by atoms with E-state index >= 15 is 0 Å². The Hall–Kier alpha value is -2.48. The summed E-state index contributed by atoms with van der Waals surface area (Å²) in [5.74, 6) is 1.29. The Balaban J connectivity index is 1.39. The van der Waals surface area contributed by atoms with Gasteiger partial charge in [0.25, 0.3) is 0 Å². The summed E-state index contributed by atoms with van der Waals surface area (Å²) >= 11 is 10.0. The summed E-state index contributed by atoms with van der Waals surface area (Å²) in [5.41, 5.74) is 4.22. The number of aromatic nitrogens is 4. The fourth-order valence-electron chi connectivity index (χ4n) is 4.29. The van der Waals surface area contributed by atoms with Gasteiger partial charge in [0, 0.05) is 49.0 Å². The maximum absolute atomic E-state index is 6.41. The van der Waals surface area contributed by atoms with Crippen LogP contribution >= 0.6 is 27.5 Å². The molecule has 4 heterocycles. The van der Waals surface area contributed by atoms with Gasteiger partial charge in [-0.1, -0.05) is 35.9 Å². The van der Waals surface area contributed by atoms with E-state index < -0.39 is 0 Å². The molecule has 1 fully saturated rings. The normalized spacial score (nSPS) is 17.0. The van der Waals surface area contributed by atoms with Crippen LogP contribution in [0.4, 0.5) is 5.82 Å². The minimum absolute atomic E-state index is 0.358. The molecule has 0 spiro atoms. The van der Waals surface area contributed by atoms with E-state index in [-0.39, 0.29) is 0 Å². The van der Waals surface area contributed by atoms with E-state index in [1.54, 1.807) is 12.4 Å². The van der Waals surface area contributed by atoms with Gasteiger partial charge in [-0.15, -0.1) is 0 Å². The number of likely N-dealkylation sites (tertiary alicyclic amines) is 1. The van der Waals surface area contributed by atoms with Crippen molar-refractivity contribution >= 4 is 39.0 Å². The Morgan fingerprint density at radius 3 is 2.91 bits per heavy atom. The molecule has 1 atom stereocenters. The van der Waals surface area contributed by atoms with Crippen LogP contribution in [0.3, 0.4) is 0 Å². The zero-order valence-electron chi connectivity index (χ0n) is 17.6. The summed E-state index contributed by atoms with van der Waals surface area (Å²) < 4.78 is 2.75. The molecule has 32 heavy (non-hydrogen) atoms. The van der Waals surface area contributed by atoms with E-state index in [9.17, 15) is 0 Å². The van der Waals surface area contributed by atoms with Crippen molar-refractivity contribution in [2.45, 2.75) is 31.8 Å². The van der Waals surface area contributed by atoms with Gasteiger partial charge in [0.2, 0.25) is 0 Å². The minimum atomic E-state index is 0.358. The molecule has 1 N–H and O–H groups in total.